The van der Waals surface area contributed by atoms with Crippen LogP contribution in [0.15, 0.2) is 48.5 Å². The zero-order valence-electron chi connectivity index (χ0n) is 19.3. The fraction of sp³-hybridized carbons (Fsp3) is 0.444. The van der Waals surface area contributed by atoms with Crippen LogP contribution >= 0.6 is 0 Å². The maximum absolute atomic E-state index is 13.6. The van der Waals surface area contributed by atoms with Crippen LogP contribution in [0, 0.1) is 5.92 Å². The molecule has 0 saturated carbocycles. The Kier molecular flexibility index (Phi) is 5.46. The normalized spacial score (nSPS) is 20.1. The largest absolute Gasteiger partial charge is 0.454 e. The molecule has 2 aromatic carbocycles. The molecular formula is C27H32N2O3. The van der Waals surface area contributed by atoms with Crippen molar-refractivity contribution in [3.63, 3.8) is 0 Å². The van der Waals surface area contributed by atoms with E-state index in [1.54, 1.807) is 0 Å². The molecule has 0 spiro atoms. The molecule has 1 fully saturated rings. The number of anilines is 1. The first-order valence-electron chi connectivity index (χ1n) is 11.6. The highest BCUT2D eigenvalue weighted by molar-refractivity contribution is 6.02. The van der Waals surface area contributed by atoms with E-state index in [1.807, 2.05) is 17.0 Å². The number of likely N-dealkylation sites (tertiary alicyclic amines) is 1. The first-order chi connectivity index (χ1) is 15.4. The molecule has 3 aliphatic rings. The van der Waals surface area contributed by atoms with Crippen LogP contribution in [0.4, 0.5) is 5.69 Å². The molecule has 5 rings (SSSR count). The predicted molar refractivity (Wildman–Crippen MR) is 127 cm³/mol. The van der Waals surface area contributed by atoms with E-state index in [0.717, 1.165) is 54.9 Å². The zero-order chi connectivity index (χ0) is 22.3. The summed E-state index contributed by atoms with van der Waals surface area (Å²) in [5.41, 5.74) is 4.14. The summed E-state index contributed by atoms with van der Waals surface area (Å²) in [7, 11) is 0. The number of hydrogen-bond donors (Lipinski definition) is 0. The molecule has 5 nitrogen and oxygen atoms in total. The molecule has 3 heterocycles. The van der Waals surface area contributed by atoms with E-state index >= 15 is 0 Å². The number of ether oxygens (including phenoxy) is 2. The molecule has 0 atom stereocenters. The number of carbonyl (C=O) groups is 1. The zero-order valence-corrected chi connectivity index (χ0v) is 19.3. The lowest BCUT2D eigenvalue weighted by Gasteiger charge is -2.43. The Hall–Kier alpha value is -2.79. The minimum atomic E-state index is -0.395. The first-order valence-corrected chi connectivity index (χ1v) is 11.6. The maximum atomic E-state index is 13.6. The number of carbonyl (C=O) groups excluding carboxylic acids is 1. The minimum absolute atomic E-state index is 0.139. The summed E-state index contributed by atoms with van der Waals surface area (Å²) in [6, 6.07) is 14.7. The number of hydrogen-bond acceptors (Lipinski definition) is 4. The van der Waals surface area contributed by atoms with Gasteiger partial charge in [-0.05, 0) is 76.2 Å². The van der Waals surface area contributed by atoms with Crippen molar-refractivity contribution in [3.8, 4) is 11.5 Å². The number of benzene rings is 2. The van der Waals surface area contributed by atoms with Crippen molar-refractivity contribution in [1.82, 2.24) is 4.90 Å². The van der Waals surface area contributed by atoms with E-state index in [1.165, 1.54) is 5.56 Å². The second kappa shape index (κ2) is 8.28. The van der Waals surface area contributed by atoms with Gasteiger partial charge in [0.2, 0.25) is 12.7 Å². The molecule has 2 aromatic rings. The van der Waals surface area contributed by atoms with Crippen LogP contribution in [0.2, 0.25) is 0 Å². The maximum Gasteiger partial charge on any atom is 0.241 e. The summed E-state index contributed by atoms with van der Waals surface area (Å²) in [5.74, 6) is 2.31. The fourth-order valence-electron chi connectivity index (χ4n) is 5.43. The van der Waals surface area contributed by atoms with Crippen molar-refractivity contribution >= 4 is 17.2 Å². The Balaban J connectivity index is 1.29. The number of rotatable bonds is 4. The second-order valence-corrected chi connectivity index (χ2v) is 9.84. The highest BCUT2D eigenvalue weighted by atomic mass is 16.7. The molecular weight excluding hydrogens is 400 g/mol. The third-order valence-electron chi connectivity index (χ3n) is 6.99. The van der Waals surface area contributed by atoms with Gasteiger partial charge in [-0.1, -0.05) is 36.4 Å². The number of fused-ring (bicyclic) bond motifs is 2. The number of allylic oxidation sites excluding steroid dienone is 1. The molecule has 0 N–H and O–H groups in total. The van der Waals surface area contributed by atoms with E-state index < -0.39 is 5.54 Å². The van der Waals surface area contributed by atoms with Gasteiger partial charge in [0.15, 0.2) is 11.5 Å². The smallest absolute Gasteiger partial charge is 0.241 e. The standard InChI is InChI=1S/C27H32N2O3/c1-19-16-27(2,3)29(23-15-25-24(14-22(19)23)31-18-32-25)26(30)17-28-11-9-21(10-12-28)13-20-7-5-4-6-8-20/h4-8,14-16,21H,9-13,17-18H2,1-3H3. The number of nitrogens with zero attached hydrogens (tertiary/aromatic N) is 2. The van der Waals surface area contributed by atoms with Gasteiger partial charge >= 0.3 is 0 Å². The van der Waals surface area contributed by atoms with Crippen molar-refractivity contribution in [3.05, 3.63) is 59.7 Å². The van der Waals surface area contributed by atoms with Crippen LogP contribution < -0.4 is 14.4 Å². The van der Waals surface area contributed by atoms with E-state index in [2.05, 4.69) is 62.1 Å². The molecule has 3 aliphatic heterocycles. The lowest BCUT2D eigenvalue weighted by Crippen LogP contribution is -2.53. The van der Waals surface area contributed by atoms with Gasteiger partial charge in [-0.25, -0.2) is 0 Å². The van der Waals surface area contributed by atoms with Crippen molar-refractivity contribution < 1.29 is 14.3 Å². The van der Waals surface area contributed by atoms with Gasteiger partial charge in [-0.3, -0.25) is 9.69 Å². The first kappa shape index (κ1) is 21.1. The van der Waals surface area contributed by atoms with Gasteiger partial charge in [0.25, 0.3) is 0 Å². The molecule has 0 bridgehead atoms. The Morgan fingerprint density at radius 3 is 2.47 bits per heavy atom. The molecule has 1 amide bonds. The fourth-order valence-corrected chi connectivity index (χ4v) is 5.43. The Morgan fingerprint density at radius 2 is 1.75 bits per heavy atom. The van der Waals surface area contributed by atoms with Gasteiger partial charge < -0.3 is 14.4 Å². The summed E-state index contributed by atoms with van der Waals surface area (Å²) >= 11 is 0. The lowest BCUT2D eigenvalue weighted by atomic mass is 9.88. The lowest BCUT2D eigenvalue weighted by molar-refractivity contribution is -0.120. The molecule has 0 aromatic heterocycles. The summed E-state index contributed by atoms with van der Waals surface area (Å²) in [5, 5.41) is 0. The van der Waals surface area contributed by atoms with Gasteiger partial charge in [0, 0.05) is 11.6 Å². The van der Waals surface area contributed by atoms with Crippen LogP contribution in [0.5, 0.6) is 11.5 Å². The average molecular weight is 433 g/mol. The Labute approximate surface area is 190 Å². The molecule has 0 unspecified atom stereocenters. The predicted octanol–water partition coefficient (Wildman–Crippen LogP) is 4.90. The monoisotopic (exact) mass is 432 g/mol. The molecule has 32 heavy (non-hydrogen) atoms. The highest BCUT2D eigenvalue weighted by Crippen LogP contribution is 2.46. The summed E-state index contributed by atoms with van der Waals surface area (Å²) in [6.45, 7) is 8.93. The molecule has 5 heteroatoms. The van der Waals surface area contributed by atoms with Crippen molar-refractivity contribution in [2.45, 2.75) is 45.6 Å². The van der Waals surface area contributed by atoms with Crippen LogP contribution in [-0.2, 0) is 11.2 Å². The van der Waals surface area contributed by atoms with Gasteiger partial charge in [0.1, 0.15) is 0 Å². The topological polar surface area (TPSA) is 42.0 Å². The molecule has 0 radical (unpaired) electrons. The van der Waals surface area contributed by atoms with Crippen molar-refractivity contribution in [2.24, 2.45) is 5.92 Å². The van der Waals surface area contributed by atoms with Crippen LogP contribution in [-0.4, -0.2) is 42.8 Å². The van der Waals surface area contributed by atoms with E-state index in [0.29, 0.717) is 18.2 Å². The SMILES string of the molecule is CC1=CC(C)(C)N(C(=O)CN2CCC(Cc3ccccc3)CC2)c2cc3c(cc21)OCO3. The third kappa shape index (κ3) is 4.02. The van der Waals surface area contributed by atoms with Crippen molar-refractivity contribution in [1.29, 1.82) is 0 Å². The van der Waals surface area contributed by atoms with Crippen LogP contribution in [0.25, 0.3) is 5.57 Å². The summed E-state index contributed by atoms with van der Waals surface area (Å²) in [6.07, 6.45) is 5.59. The molecule has 1 saturated heterocycles. The summed E-state index contributed by atoms with van der Waals surface area (Å²) in [4.78, 5) is 17.9. The Bertz CT molecular complexity index is 1040. The van der Waals surface area contributed by atoms with E-state index in [9.17, 15) is 4.79 Å². The number of piperidine rings is 1. The highest BCUT2D eigenvalue weighted by Gasteiger charge is 2.38. The van der Waals surface area contributed by atoms with Gasteiger partial charge in [-0.15, -0.1) is 0 Å². The second-order valence-electron chi connectivity index (χ2n) is 9.84. The number of amides is 1. The van der Waals surface area contributed by atoms with Crippen LogP contribution in [0.1, 0.15) is 44.7 Å². The van der Waals surface area contributed by atoms with Gasteiger partial charge in [-0.2, -0.15) is 0 Å². The van der Waals surface area contributed by atoms with E-state index in [4.69, 9.17) is 9.47 Å². The van der Waals surface area contributed by atoms with Crippen molar-refractivity contribution in [2.75, 3.05) is 31.3 Å². The van der Waals surface area contributed by atoms with Gasteiger partial charge in [0.05, 0.1) is 17.8 Å². The molecule has 168 valence electrons. The minimum Gasteiger partial charge on any atom is -0.454 e. The molecule has 0 aliphatic carbocycles. The van der Waals surface area contributed by atoms with Crippen LogP contribution in [0.3, 0.4) is 0 Å². The summed E-state index contributed by atoms with van der Waals surface area (Å²) < 4.78 is 11.2. The third-order valence-corrected chi connectivity index (χ3v) is 6.99. The average Bonchev–Trinajstić information content (AvgIpc) is 3.22. The Morgan fingerprint density at radius 1 is 1.06 bits per heavy atom. The van der Waals surface area contributed by atoms with E-state index in [-0.39, 0.29) is 12.7 Å². The quantitative estimate of drug-likeness (QED) is 0.689.